The van der Waals surface area contributed by atoms with Crippen molar-refractivity contribution < 1.29 is 9.21 Å². The lowest BCUT2D eigenvalue weighted by atomic mass is 10.2. The molecule has 0 atom stereocenters. The Morgan fingerprint density at radius 1 is 1.07 bits per heavy atom. The Kier molecular flexibility index (Phi) is 5.75. The van der Waals surface area contributed by atoms with E-state index in [1.165, 1.54) is 16.4 Å². The summed E-state index contributed by atoms with van der Waals surface area (Å²) in [6, 6.07) is 11.6. The Morgan fingerprint density at radius 3 is 2.63 bits per heavy atom. The number of thioether (sulfide) groups is 1. The van der Waals surface area contributed by atoms with Crippen LogP contribution in [0, 0.1) is 0 Å². The molecule has 1 aromatic carbocycles. The molecule has 0 unspecified atom stereocenters. The number of benzene rings is 1. The van der Waals surface area contributed by atoms with Crippen LogP contribution in [0.3, 0.4) is 0 Å². The molecule has 0 radical (unpaired) electrons. The standard InChI is InChI=1S/C20H17N5O4S/c26-17-14-4-1-2-5-15(14)19(28)25(24-17)11-10-21-18(27)16-7-6-13(29-16)12-30-20-22-8-3-9-23-20/h1-9H,10-12H2,(H,21,27)(H,24,26). The van der Waals surface area contributed by atoms with Crippen molar-refractivity contribution in [1.29, 1.82) is 0 Å². The lowest BCUT2D eigenvalue weighted by molar-refractivity contribution is 0.0922. The largest absolute Gasteiger partial charge is 0.455 e. The smallest absolute Gasteiger partial charge is 0.287 e. The van der Waals surface area contributed by atoms with Crippen LogP contribution in [0.4, 0.5) is 0 Å². The lowest BCUT2D eigenvalue weighted by Gasteiger charge is -2.08. The van der Waals surface area contributed by atoms with E-state index in [4.69, 9.17) is 4.42 Å². The van der Waals surface area contributed by atoms with Gasteiger partial charge in [-0.05, 0) is 30.3 Å². The number of furan rings is 1. The average Bonchev–Trinajstić information content (AvgIpc) is 3.26. The highest BCUT2D eigenvalue weighted by molar-refractivity contribution is 7.98. The first-order valence-corrected chi connectivity index (χ1v) is 10.1. The number of aromatic amines is 1. The van der Waals surface area contributed by atoms with Crippen molar-refractivity contribution in [1.82, 2.24) is 25.1 Å². The summed E-state index contributed by atoms with van der Waals surface area (Å²) < 4.78 is 6.75. The third-order valence-corrected chi connectivity index (χ3v) is 5.17. The highest BCUT2D eigenvalue weighted by Crippen LogP contribution is 2.20. The maximum absolute atomic E-state index is 12.5. The molecule has 3 aromatic heterocycles. The predicted octanol–water partition coefficient (Wildman–Crippen LogP) is 1.80. The molecule has 0 aliphatic carbocycles. The molecular weight excluding hydrogens is 406 g/mol. The zero-order valence-electron chi connectivity index (χ0n) is 15.7. The number of carbonyl (C=O) groups is 1. The van der Waals surface area contributed by atoms with Crippen LogP contribution in [0.2, 0.25) is 0 Å². The first kappa shape index (κ1) is 19.6. The molecule has 3 heterocycles. The van der Waals surface area contributed by atoms with Gasteiger partial charge in [0.2, 0.25) is 0 Å². The van der Waals surface area contributed by atoms with Gasteiger partial charge in [0.1, 0.15) is 5.76 Å². The fraction of sp³-hybridized carbons (Fsp3) is 0.150. The highest BCUT2D eigenvalue weighted by Gasteiger charge is 2.12. The monoisotopic (exact) mass is 423 g/mol. The van der Waals surface area contributed by atoms with Gasteiger partial charge < -0.3 is 9.73 Å². The summed E-state index contributed by atoms with van der Waals surface area (Å²) in [7, 11) is 0. The van der Waals surface area contributed by atoms with Crippen molar-refractivity contribution in [3.05, 3.63) is 87.1 Å². The first-order chi connectivity index (χ1) is 14.6. The number of aromatic nitrogens is 4. The molecular formula is C20H17N5O4S. The number of amides is 1. The van der Waals surface area contributed by atoms with Crippen molar-refractivity contribution in [2.45, 2.75) is 17.5 Å². The van der Waals surface area contributed by atoms with Crippen LogP contribution in [0.25, 0.3) is 10.8 Å². The second-order valence-corrected chi connectivity index (χ2v) is 7.23. The number of rotatable bonds is 7. The van der Waals surface area contributed by atoms with Crippen LogP contribution >= 0.6 is 11.8 Å². The number of hydrogen-bond acceptors (Lipinski definition) is 7. The van der Waals surface area contributed by atoms with Crippen molar-refractivity contribution in [3.8, 4) is 0 Å². The molecule has 0 bridgehead atoms. The normalized spacial score (nSPS) is 10.9. The molecule has 30 heavy (non-hydrogen) atoms. The van der Waals surface area contributed by atoms with E-state index in [0.29, 0.717) is 27.4 Å². The van der Waals surface area contributed by atoms with E-state index < -0.39 is 5.91 Å². The van der Waals surface area contributed by atoms with E-state index in [0.717, 1.165) is 0 Å². The molecule has 10 heteroatoms. The minimum absolute atomic E-state index is 0.124. The zero-order valence-corrected chi connectivity index (χ0v) is 16.5. The molecule has 1 amide bonds. The average molecular weight is 423 g/mol. The maximum Gasteiger partial charge on any atom is 0.287 e. The summed E-state index contributed by atoms with van der Waals surface area (Å²) in [5.74, 6) is 0.871. The summed E-state index contributed by atoms with van der Waals surface area (Å²) in [5, 5.41) is 6.51. The maximum atomic E-state index is 12.5. The summed E-state index contributed by atoms with van der Waals surface area (Å²) >= 11 is 1.40. The van der Waals surface area contributed by atoms with Gasteiger partial charge in [-0.25, -0.2) is 14.6 Å². The number of nitrogens with one attached hydrogen (secondary N) is 2. The number of fused-ring (bicyclic) bond motifs is 1. The minimum atomic E-state index is -0.404. The van der Waals surface area contributed by atoms with Gasteiger partial charge in [-0.15, -0.1) is 0 Å². The molecule has 0 saturated heterocycles. The Labute approximate surface area is 174 Å². The zero-order chi connectivity index (χ0) is 20.9. The third kappa shape index (κ3) is 4.33. The van der Waals surface area contributed by atoms with E-state index in [-0.39, 0.29) is 30.0 Å². The molecule has 0 aliphatic rings. The Bertz CT molecular complexity index is 1300. The fourth-order valence-corrected chi connectivity index (χ4v) is 3.54. The van der Waals surface area contributed by atoms with Gasteiger partial charge >= 0.3 is 0 Å². The number of nitrogens with zero attached hydrogens (tertiary/aromatic N) is 3. The van der Waals surface area contributed by atoms with E-state index in [9.17, 15) is 14.4 Å². The van der Waals surface area contributed by atoms with Crippen molar-refractivity contribution in [2.75, 3.05) is 6.54 Å². The van der Waals surface area contributed by atoms with Gasteiger partial charge in [-0.3, -0.25) is 19.5 Å². The molecule has 9 nitrogen and oxygen atoms in total. The Morgan fingerprint density at radius 2 is 1.83 bits per heavy atom. The molecule has 152 valence electrons. The minimum Gasteiger partial charge on any atom is -0.455 e. The Balaban J connectivity index is 1.35. The SMILES string of the molecule is O=C(NCCn1[nH]c(=O)c2ccccc2c1=O)c1ccc(CSc2ncccn2)o1. The van der Waals surface area contributed by atoms with Crippen molar-refractivity contribution in [2.24, 2.45) is 0 Å². The first-order valence-electron chi connectivity index (χ1n) is 9.10. The number of hydrogen-bond donors (Lipinski definition) is 2. The predicted molar refractivity (Wildman–Crippen MR) is 111 cm³/mol. The molecule has 0 saturated carbocycles. The van der Waals surface area contributed by atoms with E-state index >= 15 is 0 Å². The molecule has 4 rings (SSSR count). The van der Waals surface area contributed by atoms with Crippen molar-refractivity contribution in [3.63, 3.8) is 0 Å². The van der Waals surface area contributed by atoms with Crippen LogP contribution in [0.15, 0.2) is 74.0 Å². The van der Waals surface area contributed by atoms with Gasteiger partial charge in [0.25, 0.3) is 17.0 Å². The van der Waals surface area contributed by atoms with Crippen LogP contribution in [-0.4, -0.2) is 32.2 Å². The molecule has 0 spiro atoms. The summed E-state index contributed by atoms with van der Waals surface area (Å²) in [6.07, 6.45) is 3.31. The van der Waals surface area contributed by atoms with E-state index in [1.807, 2.05) is 0 Å². The van der Waals surface area contributed by atoms with Gasteiger partial charge in [0, 0.05) is 18.9 Å². The molecule has 4 aromatic rings. The topological polar surface area (TPSA) is 123 Å². The lowest BCUT2D eigenvalue weighted by Crippen LogP contribution is -2.35. The van der Waals surface area contributed by atoms with Gasteiger partial charge in [-0.1, -0.05) is 23.9 Å². The van der Waals surface area contributed by atoms with Crippen LogP contribution in [0.5, 0.6) is 0 Å². The summed E-state index contributed by atoms with van der Waals surface area (Å²) in [4.78, 5) is 45.1. The highest BCUT2D eigenvalue weighted by atomic mass is 32.2. The third-order valence-electron chi connectivity index (χ3n) is 4.28. The van der Waals surface area contributed by atoms with Crippen LogP contribution in [0.1, 0.15) is 16.3 Å². The van der Waals surface area contributed by atoms with Crippen molar-refractivity contribution >= 4 is 28.4 Å². The van der Waals surface area contributed by atoms with Gasteiger partial charge in [0.05, 0.1) is 23.1 Å². The summed E-state index contributed by atoms with van der Waals surface area (Å²) in [6.45, 7) is 0.273. The summed E-state index contributed by atoms with van der Waals surface area (Å²) in [5.41, 5.74) is -0.674. The van der Waals surface area contributed by atoms with Crippen LogP contribution in [-0.2, 0) is 12.3 Å². The van der Waals surface area contributed by atoms with Gasteiger partial charge in [0.15, 0.2) is 10.9 Å². The molecule has 0 aliphatic heterocycles. The van der Waals surface area contributed by atoms with E-state index in [2.05, 4.69) is 20.4 Å². The van der Waals surface area contributed by atoms with Crippen LogP contribution < -0.4 is 16.4 Å². The van der Waals surface area contributed by atoms with Gasteiger partial charge in [-0.2, -0.15) is 0 Å². The second-order valence-electron chi connectivity index (χ2n) is 6.29. The number of carbonyl (C=O) groups excluding carboxylic acids is 1. The second kappa shape index (κ2) is 8.78. The van der Waals surface area contributed by atoms with E-state index in [1.54, 1.807) is 54.9 Å². The Hall–Kier alpha value is -3.66. The molecule has 2 N–H and O–H groups in total. The quantitative estimate of drug-likeness (QED) is 0.343. The molecule has 0 fully saturated rings. The number of H-pyrrole nitrogens is 1. The fourth-order valence-electron chi connectivity index (χ4n) is 2.85.